The summed E-state index contributed by atoms with van der Waals surface area (Å²) in [5.74, 6) is 0.763. The fourth-order valence-electron chi connectivity index (χ4n) is 2.68. The maximum atomic E-state index is 12.8. The zero-order valence-corrected chi connectivity index (χ0v) is 15.9. The second-order valence-electron chi connectivity index (χ2n) is 6.18. The third-order valence-electron chi connectivity index (χ3n) is 3.80. The van der Waals surface area contributed by atoms with Crippen LogP contribution in [0.1, 0.15) is 35.5 Å². The van der Waals surface area contributed by atoms with Crippen LogP contribution < -0.4 is 10.1 Å². The molecule has 2 heterocycles. The Labute approximate surface area is 161 Å². The van der Waals surface area contributed by atoms with Crippen LogP contribution in [0.25, 0.3) is 5.88 Å². The van der Waals surface area contributed by atoms with Gasteiger partial charge in [-0.2, -0.15) is 5.26 Å². The first-order valence-corrected chi connectivity index (χ1v) is 8.73. The summed E-state index contributed by atoms with van der Waals surface area (Å²) in [4.78, 5) is 12.8. The van der Waals surface area contributed by atoms with E-state index in [1.807, 2.05) is 26.0 Å². The number of carbonyl (C=O) groups excluding carboxylic acids is 1. The number of amides is 1. The summed E-state index contributed by atoms with van der Waals surface area (Å²) < 4.78 is 12.9. The molecule has 0 saturated carbocycles. The Morgan fingerprint density at radius 2 is 2.04 bits per heavy atom. The minimum Gasteiger partial charge on any atom is -0.489 e. The monoisotopic (exact) mass is 383 g/mol. The van der Waals surface area contributed by atoms with E-state index in [0.29, 0.717) is 28.1 Å². The molecule has 0 aliphatic carbocycles. The molecule has 1 aromatic carbocycles. The summed E-state index contributed by atoms with van der Waals surface area (Å²) in [7, 11) is 0. The number of rotatable bonds is 5. The van der Waals surface area contributed by atoms with E-state index in [2.05, 4.69) is 11.4 Å². The first-order chi connectivity index (χ1) is 12.9. The summed E-state index contributed by atoms with van der Waals surface area (Å²) >= 11 is 6.21. The number of carbonyl (C=O) groups is 1. The first-order valence-electron chi connectivity index (χ1n) is 8.35. The Balaban J connectivity index is 1.89. The van der Waals surface area contributed by atoms with Gasteiger partial charge in [-0.25, -0.2) is 0 Å². The number of nitrogens with zero attached hydrogens (tertiary/aromatic N) is 2. The topological polar surface area (TPSA) is 80.2 Å². The minimum atomic E-state index is -0.445. The van der Waals surface area contributed by atoms with Crippen molar-refractivity contribution in [3.8, 4) is 17.7 Å². The van der Waals surface area contributed by atoms with E-state index in [9.17, 15) is 10.1 Å². The lowest BCUT2D eigenvalue weighted by atomic mass is 10.1. The molecule has 2 aromatic heterocycles. The van der Waals surface area contributed by atoms with Gasteiger partial charge in [-0.05, 0) is 51.1 Å². The summed E-state index contributed by atoms with van der Waals surface area (Å²) in [5.41, 5.74) is 0.861. The maximum Gasteiger partial charge on any atom is 0.260 e. The molecule has 27 heavy (non-hydrogen) atoms. The normalized spacial score (nSPS) is 10.7. The number of aromatic nitrogens is 1. The zero-order valence-electron chi connectivity index (χ0n) is 15.1. The summed E-state index contributed by atoms with van der Waals surface area (Å²) in [6.07, 6.45) is 3.48. The number of benzene rings is 1. The molecule has 0 fully saturated rings. The highest BCUT2D eigenvalue weighted by Gasteiger charge is 2.24. The van der Waals surface area contributed by atoms with Crippen molar-refractivity contribution in [2.45, 2.75) is 26.9 Å². The van der Waals surface area contributed by atoms with Crippen LogP contribution >= 0.6 is 11.6 Å². The fourth-order valence-corrected chi connectivity index (χ4v) is 2.91. The van der Waals surface area contributed by atoms with Crippen LogP contribution in [0.2, 0.25) is 5.02 Å². The molecule has 0 bridgehead atoms. The SMILES string of the molecule is Cc1oc(-n2cccc2)c(C#N)c1C(=O)Nc1ccc(OC(C)C)c(Cl)c1. The molecule has 3 aromatic rings. The van der Waals surface area contributed by atoms with Crippen LogP contribution in [-0.2, 0) is 0 Å². The number of hydrogen-bond acceptors (Lipinski definition) is 4. The Hall–Kier alpha value is -3.17. The third-order valence-corrected chi connectivity index (χ3v) is 4.09. The van der Waals surface area contributed by atoms with Crippen LogP contribution in [0.4, 0.5) is 5.69 Å². The van der Waals surface area contributed by atoms with E-state index in [-0.39, 0.29) is 17.2 Å². The van der Waals surface area contributed by atoms with Crippen molar-refractivity contribution in [2.24, 2.45) is 0 Å². The van der Waals surface area contributed by atoms with Crippen molar-refractivity contribution in [2.75, 3.05) is 5.32 Å². The van der Waals surface area contributed by atoms with E-state index in [1.54, 1.807) is 42.1 Å². The molecule has 0 atom stereocenters. The zero-order chi connectivity index (χ0) is 19.6. The second-order valence-corrected chi connectivity index (χ2v) is 6.59. The van der Waals surface area contributed by atoms with Crippen molar-refractivity contribution < 1.29 is 13.9 Å². The highest BCUT2D eigenvalue weighted by Crippen LogP contribution is 2.30. The molecule has 3 rings (SSSR count). The van der Waals surface area contributed by atoms with Crippen molar-refractivity contribution >= 4 is 23.2 Å². The van der Waals surface area contributed by atoms with Gasteiger partial charge in [-0.15, -0.1) is 0 Å². The van der Waals surface area contributed by atoms with Gasteiger partial charge in [-0.1, -0.05) is 11.6 Å². The molecule has 0 radical (unpaired) electrons. The number of furan rings is 1. The molecule has 0 aliphatic rings. The molecule has 1 amide bonds. The average Bonchev–Trinajstić information content (AvgIpc) is 3.24. The van der Waals surface area contributed by atoms with E-state index in [4.69, 9.17) is 20.8 Å². The van der Waals surface area contributed by atoms with Crippen LogP contribution in [0, 0.1) is 18.3 Å². The lowest BCUT2D eigenvalue weighted by Crippen LogP contribution is -2.14. The van der Waals surface area contributed by atoms with E-state index in [0.717, 1.165) is 0 Å². The summed E-state index contributed by atoms with van der Waals surface area (Å²) in [6, 6.07) is 10.7. The number of nitriles is 1. The lowest BCUT2D eigenvalue weighted by Gasteiger charge is -2.12. The van der Waals surface area contributed by atoms with E-state index >= 15 is 0 Å². The largest absolute Gasteiger partial charge is 0.489 e. The van der Waals surface area contributed by atoms with Gasteiger partial charge in [0.05, 0.1) is 11.1 Å². The molecular weight excluding hydrogens is 366 g/mol. The van der Waals surface area contributed by atoms with Crippen LogP contribution in [0.3, 0.4) is 0 Å². The molecule has 6 nitrogen and oxygen atoms in total. The van der Waals surface area contributed by atoms with Gasteiger partial charge in [0.1, 0.15) is 28.7 Å². The van der Waals surface area contributed by atoms with Gasteiger partial charge in [-0.3, -0.25) is 9.36 Å². The third kappa shape index (κ3) is 3.83. The van der Waals surface area contributed by atoms with Crippen molar-refractivity contribution in [3.05, 3.63) is 64.6 Å². The lowest BCUT2D eigenvalue weighted by molar-refractivity contribution is 0.102. The van der Waals surface area contributed by atoms with Gasteiger partial charge in [0.25, 0.3) is 5.91 Å². The number of halogens is 1. The first kappa shape index (κ1) is 18.6. The predicted molar refractivity (Wildman–Crippen MR) is 103 cm³/mol. The summed E-state index contributed by atoms with van der Waals surface area (Å²) in [6.45, 7) is 5.45. The number of ether oxygens (including phenoxy) is 1. The average molecular weight is 384 g/mol. The molecule has 138 valence electrons. The van der Waals surface area contributed by atoms with Gasteiger partial charge in [0.2, 0.25) is 5.88 Å². The molecule has 0 unspecified atom stereocenters. The standard InChI is InChI=1S/C20H18ClN3O3/c1-12(2)26-17-7-6-14(10-16(17)21)23-19(25)18-13(3)27-20(15(18)11-22)24-8-4-5-9-24/h4-10,12H,1-3H3,(H,23,25). The van der Waals surface area contributed by atoms with Crippen LogP contribution in [0.15, 0.2) is 47.1 Å². The molecule has 0 saturated heterocycles. The van der Waals surface area contributed by atoms with Gasteiger partial charge in [0, 0.05) is 18.1 Å². The van der Waals surface area contributed by atoms with Crippen LogP contribution in [0.5, 0.6) is 5.75 Å². The number of hydrogen-bond donors (Lipinski definition) is 1. The molecule has 0 spiro atoms. The molecular formula is C20H18ClN3O3. The summed E-state index contributed by atoms with van der Waals surface area (Å²) in [5, 5.41) is 12.7. The number of anilines is 1. The van der Waals surface area contributed by atoms with Crippen molar-refractivity contribution in [3.63, 3.8) is 0 Å². The van der Waals surface area contributed by atoms with Gasteiger partial charge < -0.3 is 14.5 Å². The van der Waals surface area contributed by atoms with Gasteiger partial charge in [0.15, 0.2) is 0 Å². The van der Waals surface area contributed by atoms with E-state index < -0.39 is 5.91 Å². The van der Waals surface area contributed by atoms with E-state index in [1.165, 1.54) is 0 Å². The molecule has 1 N–H and O–H groups in total. The van der Waals surface area contributed by atoms with Gasteiger partial charge >= 0.3 is 0 Å². The Kier molecular flexibility index (Phi) is 5.24. The quantitative estimate of drug-likeness (QED) is 0.676. The van der Waals surface area contributed by atoms with Crippen molar-refractivity contribution in [1.82, 2.24) is 4.57 Å². The fraction of sp³-hybridized carbons (Fsp3) is 0.200. The maximum absolute atomic E-state index is 12.8. The molecule has 7 heteroatoms. The Morgan fingerprint density at radius 1 is 1.33 bits per heavy atom. The number of nitrogens with one attached hydrogen (secondary N) is 1. The smallest absolute Gasteiger partial charge is 0.260 e. The minimum absolute atomic E-state index is 0.0122. The highest BCUT2D eigenvalue weighted by atomic mass is 35.5. The predicted octanol–water partition coefficient (Wildman–Crippen LogP) is 4.94. The highest BCUT2D eigenvalue weighted by molar-refractivity contribution is 6.32. The Bertz CT molecular complexity index is 1010. The second kappa shape index (κ2) is 7.60. The van der Waals surface area contributed by atoms with Crippen molar-refractivity contribution in [1.29, 1.82) is 5.26 Å². The number of aryl methyl sites for hydroxylation is 1. The molecule has 0 aliphatic heterocycles. The Morgan fingerprint density at radius 3 is 2.63 bits per heavy atom. The van der Waals surface area contributed by atoms with Crippen LogP contribution in [-0.4, -0.2) is 16.6 Å².